The Hall–Kier alpha value is -1.07. The highest BCUT2D eigenvalue weighted by Crippen LogP contribution is 2.23. The maximum atomic E-state index is 5.38. The van der Waals surface area contributed by atoms with Crippen molar-refractivity contribution in [1.29, 1.82) is 0 Å². The largest absolute Gasteiger partial charge is 0.378 e. The number of nitrogens with zero attached hydrogens (tertiary/aromatic N) is 3. The molecule has 1 saturated heterocycles. The molecule has 0 spiro atoms. The van der Waals surface area contributed by atoms with Gasteiger partial charge in [-0.05, 0) is 34.5 Å². The van der Waals surface area contributed by atoms with E-state index < -0.39 is 0 Å². The standard InChI is InChI=1S/C12H14BrN3O/c1-9-6-10(13)8-16-11(7-14-12(9)16)15-2-4-17-5-3-15/h6-8H,2-5H2,1H3. The number of rotatable bonds is 1. The summed E-state index contributed by atoms with van der Waals surface area (Å²) in [7, 11) is 0. The quantitative estimate of drug-likeness (QED) is 0.808. The highest BCUT2D eigenvalue weighted by Gasteiger charge is 2.16. The number of aryl methyl sites for hydroxylation is 1. The summed E-state index contributed by atoms with van der Waals surface area (Å²) in [6.07, 6.45) is 4.01. The molecule has 0 atom stereocenters. The van der Waals surface area contributed by atoms with Gasteiger partial charge in [0.15, 0.2) is 0 Å². The second-order valence-electron chi connectivity index (χ2n) is 4.25. The zero-order valence-electron chi connectivity index (χ0n) is 9.69. The molecule has 5 heteroatoms. The van der Waals surface area contributed by atoms with Crippen molar-refractivity contribution in [3.63, 3.8) is 0 Å². The molecule has 90 valence electrons. The van der Waals surface area contributed by atoms with Crippen molar-refractivity contribution in [3.8, 4) is 0 Å². The number of imidazole rings is 1. The van der Waals surface area contributed by atoms with Crippen LogP contribution in [0.3, 0.4) is 0 Å². The van der Waals surface area contributed by atoms with Crippen molar-refractivity contribution in [2.45, 2.75) is 6.92 Å². The smallest absolute Gasteiger partial charge is 0.141 e. The van der Waals surface area contributed by atoms with Crippen LogP contribution >= 0.6 is 15.9 Å². The maximum absolute atomic E-state index is 5.38. The van der Waals surface area contributed by atoms with Crippen LogP contribution in [0.4, 0.5) is 5.82 Å². The van der Waals surface area contributed by atoms with Crippen LogP contribution in [-0.2, 0) is 4.74 Å². The Bertz CT molecular complexity index is 546. The normalized spacial score (nSPS) is 16.7. The van der Waals surface area contributed by atoms with Crippen molar-refractivity contribution in [3.05, 3.63) is 28.5 Å². The second kappa shape index (κ2) is 4.31. The molecule has 0 radical (unpaired) electrons. The Morgan fingerprint density at radius 1 is 1.35 bits per heavy atom. The van der Waals surface area contributed by atoms with E-state index in [2.05, 4.69) is 49.4 Å². The third-order valence-corrected chi connectivity index (χ3v) is 3.51. The van der Waals surface area contributed by atoms with E-state index in [4.69, 9.17) is 4.74 Å². The monoisotopic (exact) mass is 295 g/mol. The predicted molar refractivity (Wildman–Crippen MR) is 70.7 cm³/mol. The van der Waals surface area contributed by atoms with Crippen LogP contribution in [0.2, 0.25) is 0 Å². The van der Waals surface area contributed by atoms with Crippen LogP contribution in [0, 0.1) is 6.92 Å². The average Bonchev–Trinajstić information content (AvgIpc) is 2.74. The summed E-state index contributed by atoms with van der Waals surface area (Å²) >= 11 is 3.53. The Morgan fingerprint density at radius 2 is 2.12 bits per heavy atom. The van der Waals surface area contributed by atoms with Crippen molar-refractivity contribution in [2.24, 2.45) is 0 Å². The second-order valence-corrected chi connectivity index (χ2v) is 5.17. The molecule has 0 bridgehead atoms. The summed E-state index contributed by atoms with van der Waals surface area (Å²) in [4.78, 5) is 6.81. The molecular weight excluding hydrogens is 282 g/mol. The first-order chi connectivity index (χ1) is 8.25. The summed E-state index contributed by atoms with van der Waals surface area (Å²) in [5, 5.41) is 0. The number of aromatic nitrogens is 2. The third kappa shape index (κ3) is 1.93. The van der Waals surface area contributed by atoms with Crippen molar-refractivity contribution < 1.29 is 4.74 Å². The van der Waals surface area contributed by atoms with Gasteiger partial charge in [0, 0.05) is 23.8 Å². The van der Waals surface area contributed by atoms with Gasteiger partial charge in [0.1, 0.15) is 11.5 Å². The lowest BCUT2D eigenvalue weighted by atomic mass is 10.3. The summed E-state index contributed by atoms with van der Waals surface area (Å²) in [5.74, 6) is 1.15. The molecule has 0 unspecified atom stereocenters. The molecule has 17 heavy (non-hydrogen) atoms. The fourth-order valence-corrected chi connectivity index (χ4v) is 2.78. The zero-order valence-corrected chi connectivity index (χ0v) is 11.3. The van der Waals surface area contributed by atoms with Crippen LogP contribution in [0.1, 0.15) is 5.56 Å². The van der Waals surface area contributed by atoms with E-state index in [9.17, 15) is 0 Å². The summed E-state index contributed by atoms with van der Waals surface area (Å²) in [6, 6.07) is 2.09. The summed E-state index contributed by atoms with van der Waals surface area (Å²) in [5.41, 5.74) is 2.20. The van der Waals surface area contributed by atoms with Crippen molar-refractivity contribution in [1.82, 2.24) is 9.38 Å². The molecule has 1 aliphatic rings. The topological polar surface area (TPSA) is 29.8 Å². The van der Waals surface area contributed by atoms with Crippen LogP contribution in [0.5, 0.6) is 0 Å². The maximum Gasteiger partial charge on any atom is 0.141 e. The molecule has 2 aromatic heterocycles. The van der Waals surface area contributed by atoms with Gasteiger partial charge in [0.05, 0.1) is 19.4 Å². The SMILES string of the molecule is Cc1cc(Br)cn2c(N3CCOCC3)cnc12. The Morgan fingerprint density at radius 3 is 2.88 bits per heavy atom. The molecule has 0 saturated carbocycles. The van der Waals surface area contributed by atoms with E-state index in [0.717, 1.165) is 42.2 Å². The lowest BCUT2D eigenvalue weighted by molar-refractivity contribution is 0.122. The van der Waals surface area contributed by atoms with Crippen molar-refractivity contribution in [2.75, 3.05) is 31.2 Å². The van der Waals surface area contributed by atoms with E-state index in [1.807, 2.05) is 6.20 Å². The van der Waals surface area contributed by atoms with Gasteiger partial charge >= 0.3 is 0 Å². The van der Waals surface area contributed by atoms with Gasteiger partial charge in [-0.25, -0.2) is 4.98 Å². The summed E-state index contributed by atoms with van der Waals surface area (Å²) < 4.78 is 8.60. The molecule has 3 rings (SSSR count). The highest BCUT2D eigenvalue weighted by molar-refractivity contribution is 9.10. The number of ether oxygens (including phenoxy) is 1. The number of morpholine rings is 1. The molecule has 1 aliphatic heterocycles. The number of hydrogen-bond donors (Lipinski definition) is 0. The first-order valence-corrected chi connectivity index (χ1v) is 6.51. The van der Waals surface area contributed by atoms with Gasteiger partial charge in [-0.2, -0.15) is 0 Å². The van der Waals surface area contributed by atoms with E-state index in [1.54, 1.807) is 0 Å². The zero-order chi connectivity index (χ0) is 11.8. The van der Waals surface area contributed by atoms with Crippen molar-refractivity contribution >= 4 is 27.4 Å². The first-order valence-electron chi connectivity index (χ1n) is 5.71. The molecular formula is C12H14BrN3O. The van der Waals surface area contributed by atoms with Gasteiger partial charge < -0.3 is 9.64 Å². The van der Waals surface area contributed by atoms with Gasteiger partial charge in [-0.1, -0.05) is 0 Å². The first kappa shape index (κ1) is 11.0. The minimum atomic E-state index is 0.792. The molecule has 2 aromatic rings. The average molecular weight is 296 g/mol. The fourth-order valence-electron chi connectivity index (χ4n) is 2.23. The minimum absolute atomic E-state index is 0.792. The lowest BCUT2D eigenvalue weighted by Gasteiger charge is -2.27. The molecule has 4 nitrogen and oxygen atoms in total. The molecule has 3 heterocycles. The van der Waals surface area contributed by atoms with E-state index in [1.165, 1.54) is 5.56 Å². The molecule has 1 fully saturated rings. The number of hydrogen-bond acceptors (Lipinski definition) is 3. The van der Waals surface area contributed by atoms with E-state index in [0.29, 0.717) is 0 Å². The van der Waals surface area contributed by atoms with Gasteiger partial charge in [-0.15, -0.1) is 0 Å². The Labute approximate surface area is 108 Å². The van der Waals surface area contributed by atoms with E-state index in [-0.39, 0.29) is 0 Å². The number of anilines is 1. The van der Waals surface area contributed by atoms with Crippen LogP contribution in [0.15, 0.2) is 22.9 Å². The number of halogens is 1. The Balaban J connectivity index is 2.10. The predicted octanol–water partition coefficient (Wildman–Crippen LogP) is 2.24. The van der Waals surface area contributed by atoms with E-state index >= 15 is 0 Å². The van der Waals surface area contributed by atoms with Crippen LogP contribution < -0.4 is 4.90 Å². The number of pyridine rings is 1. The third-order valence-electron chi connectivity index (χ3n) is 3.07. The fraction of sp³-hybridized carbons (Fsp3) is 0.417. The lowest BCUT2D eigenvalue weighted by Crippen LogP contribution is -2.36. The Kier molecular flexibility index (Phi) is 2.80. The molecule has 0 aliphatic carbocycles. The molecule has 0 N–H and O–H groups in total. The van der Waals surface area contributed by atoms with Crippen LogP contribution in [0.25, 0.3) is 5.65 Å². The van der Waals surface area contributed by atoms with Crippen LogP contribution in [-0.4, -0.2) is 35.7 Å². The minimum Gasteiger partial charge on any atom is -0.378 e. The molecule has 0 amide bonds. The van der Waals surface area contributed by atoms with Gasteiger partial charge in [0.2, 0.25) is 0 Å². The van der Waals surface area contributed by atoms with Gasteiger partial charge in [0.25, 0.3) is 0 Å². The number of fused-ring (bicyclic) bond motifs is 1. The summed E-state index contributed by atoms with van der Waals surface area (Å²) in [6.45, 7) is 5.52. The highest BCUT2D eigenvalue weighted by atomic mass is 79.9. The van der Waals surface area contributed by atoms with Gasteiger partial charge in [-0.3, -0.25) is 4.40 Å². The molecule has 0 aromatic carbocycles.